The molecule has 0 aromatic carbocycles. The molecule has 0 aliphatic heterocycles. The van der Waals surface area contributed by atoms with Crippen molar-refractivity contribution >= 4 is 5.97 Å². The predicted molar refractivity (Wildman–Crippen MR) is 63.8 cm³/mol. The zero-order chi connectivity index (χ0) is 12.8. The van der Waals surface area contributed by atoms with Crippen molar-refractivity contribution in [1.82, 2.24) is 0 Å². The molecule has 0 heterocycles. The number of aliphatic hydroxyl groups is 1. The van der Waals surface area contributed by atoms with Crippen LogP contribution >= 0.6 is 0 Å². The predicted octanol–water partition coefficient (Wildman–Crippen LogP) is 1.14. The van der Waals surface area contributed by atoms with E-state index in [1.807, 2.05) is 0 Å². The van der Waals surface area contributed by atoms with Crippen molar-refractivity contribution in [3.8, 4) is 0 Å². The van der Waals surface area contributed by atoms with E-state index in [0.29, 0.717) is 19.8 Å². The number of hydrogen-bond acceptors (Lipinski definition) is 5. The Balaban J connectivity index is 3.01. The van der Waals surface area contributed by atoms with Gasteiger partial charge in [-0.1, -0.05) is 0 Å². The SMILES string of the molecule is CCOC(=O)COCCCOCCCCCO. The normalized spacial score (nSPS) is 10.5. The number of carbonyl (C=O) groups excluding carboxylic acids is 1. The largest absolute Gasteiger partial charge is 0.464 e. The zero-order valence-corrected chi connectivity index (χ0v) is 10.7. The Morgan fingerprint density at radius 2 is 1.71 bits per heavy atom. The fourth-order valence-corrected chi connectivity index (χ4v) is 1.22. The van der Waals surface area contributed by atoms with Crippen LogP contribution in [0, 0.1) is 0 Å². The van der Waals surface area contributed by atoms with Crippen molar-refractivity contribution < 1.29 is 24.1 Å². The van der Waals surface area contributed by atoms with Crippen molar-refractivity contribution in [1.29, 1.82) is 0 Å². The number of unbranched alkanes of at least 4 members (excludes halogenated alkanes) is 2. The molecule has 0 spiro atoms. The molecule has 0 aromatic rings. The van der Waals surface area contributed by atoms with Crippen LogP contribution in [0.4, 0.5) is 0 Å². The van der Waals surface area contributed by atoms with Gasteiger partial charge in [-0.05, 0) is 32.6 Å². The number of rotatable bonds is 12. The molecule has 0 fully saturated rings. The molecule has 0 aliphatic carbocycles. The summed E-state index contributed by atoms with van der Waals surface area (Å²) in [5.41, 5.74) is 0. The Hall–Kier alpha value is -0.650. The minimum absolute atomic E-state index is 0.0182. The van der Waals surface area contributed by atoms with Crippen LogP contribution in [0.2, 0.25) is 0 Å². The average Bonchev–Trinajstić information content (AvgIpc) is 2.32. The van der Waals surface area contributed by atoms with E-state index in [2.05, 4.69) is 0 Å². The van der Waals surface area contributed by atoms with Gasteiger partial charge in [-0.25, -0.2) is 4.79 Å². The van der Waals surface area contributed by atoms with Gasteiger partial charge in [0, 0.05) is 26.4 Å². The average molecular weight is 248 g/mol. The van der Waals surface area contributed by atoms with Crippen molar-refractivity contribution in [2.75, 3.05) is 39.6 Å². The maximum absolute atomic E-state index is 10.9. The molecule has 0 unspecified atom stereocenters. The first-order chi connectivity index (χ1) is 8.31. The van der Waals surface area contributed by atoms with Crippen LogP contribution in [0.15, 0.2) is 0 Å². The first-order valence-electron chi connectivity index (χ1n) is 6.23. The molecule has 0 amide bonds. The summed E-state index contributed by atoms with van der Waals surface area (Å²) in [6.45, 7) is 4.29. The smallest absolute Gasteiger partial charge is 0.332 e. The molecule has 0 bridgehead atoms. The van der Waals surface area contributed by atoms with Crippen LogP contribution < -0.4 is 0 Å². The minimum atomic E-state index is -0.322. The van der Waals surface area contributed by atoms with E-state index in [-0.39, 0.29) is 19.2 Å². The molecule has 0 saturated carbocycles. The Morgan fingerprint density at radius 1 is 1.00 bits per heavy atom. The molecule has 0 aliphatic rings. The van der Waals surface area contributed by atoms with E-state index in [0.717, 1.165) is 32.3 Å². The van der Waals surface area contributed by atoms with Gasteiger partial charge in [0.1, 0.15) is 6.61 Å². The third kappa shape index (κ3) is 13.3. The van der Waals surface area contributed by atoms with Gasteiger partial charge in [0.15, 0.2) is 0 Å². The molecular formula is C12H24O5. The summed E-state index contributed by atoms with van der Waals surface area (Å²) in [6, 6.07) is 0. The molecule has 5 nitrogen and oxygen atoms in total. The van der Waals surface area contributed by atoms with Crippen LogP contribution in [-0.4, -0.2) is 50.7 Å². The van der Waals surface area contributed by atoms with Gasteiger partial charge >= 0.3 is 5.97 Å². The third-order valence-electron chi connectivity index (χ3n) is 2.05. The van der Waals surface area contributed by atoms with Gasteiger partial charge in [0.05, 0.1) is 6.61 Å². The van der Waals surface area contributed by atoms with Crippen LogP contribution in [0.3, 0.4) is 0 Å². The maximum Gasteiger partial charge on any atom is 0.332 e. The molecular weight excluding hydrogens is 224 g/mol. The van der Waals surface area contributed by atoms with Crippen LogP contribution in [0.1, 0.15) is 32.6 Å². The highest BCUT2D eigenvalue weighted by Gasteiger charge is 2.00. The third-order valence-corrected chi connectivity index (χ3v) is 2.05. The lowest BCUT2D eigenvalue weighted by molar-refractivity contribution is -0.148. The van der Waals surface area contributed by atoms with Gasteiger partial charge in [0.2, 0.25) is 0 Å². The number of esters is 1. The summed E-state index contributed by atoms with van der Waals surface area (Å²) in [5.74, 6) is -0.322. The number of hydrogen-bond donors (Lipinski definition) is 1. The summed E-state index contributed by atoms with van der Waals surface area (Å²) in [7, 11) is 0. The summed E-state index contributed by atoms with van der Waals surface area (Å²) in [6.07, 6.45) is 3.59. The van der Waals surface area contributed by atoms with E-state index in [4.69, 9.17) is 19.3 Å². The lowest BCUT2D eigenvalue weighted by Gasteiger charge is -2.05. The molecule has 5 heteroatoms. The van der Waals surface area contributed by atoms with Crippen molar-refractivity contribution in [3.05, 3.63) is 0 Å². The standard InChI is InChI=1S/C12H24O5/c1-2-17-12(14)11-16-10-6-9-15-8-5-3-4-7-13/h13H,2-11H2,1H3. The minimum Gasteiger partial charge on any atom is -0.464 e. The maximum atomic E-state index is 10.9. The van der Waals surface area contributed by atoms with E-state index in [9.17, 15) is 4.79 Å². The molecule has 0 rings (SSSR count). The lowest BCUT2D eigenvalue weighted by atomic mass is 10.2. The highest BCUT2D eigenvalue weighted by atomic mass is 16.6. The van der Waals surface area contributed by atoms with Crippen molar-refractivity contribution in [2.24, 2.45) is 0 Å². The lowest BCUT2D eigenvalue weighted by Crippen LogP contribution is -2.13. The summed E-state index contributed by atoms with van der Waals surface area (Å²) in [4.78, 5) is 10.9. The van der Waals surface area contributed by atoms with Gasteiger partial charge in [-0.2, -0.15) is 0 Å². The first kappa shape index (κ1) is 16.4. The Labute approximate surface area is 103 Å². The van der Waals surface area contributed by atoms with Gasteiger partial charge < -0.3 is 19.3 Å². The molecule has 0 atom stereocenters. The Bertz CT molecular complexity index is 172. The second kappa shape index (κ2) is 13.4. The zero-order valence-electron chi connectivity index (χ0n) is 10.7. The number of ether oxygens (including phenoxy) is 3. The van der Waals surface area contributed by atoms with Crippen LogP contribution in [0.5, 0.6) is 0 Å². The van der Waals surface area contributed by atoms with E-state index in [1.165, 1.54) is 0 Å². The fraction of sp³-hybridized carbons (Fsp3) is 0.917. The van der Waals surface area contributed by atoms with Gasteiger partial charge in [-0.3, -0.25) is 0 Å². The molecule has 17 heavy (non-hydrogen) atoms. The summed E-state index contributed by atoms with van der Waals surface area (Å²) < 4.78 is 15.2. The number of aliphatic hydroxyl groups excluding tert-OH is 1. The molecule has 0 aromatic heterocycles. The molecule has 1 N–H and O–H groups in total. The van der Waals surface area contributed by atoms with Crippen molar-refractivity contribution in [3.63, 3.8) is 0 Å². The monoisotopic (exact) mass is 248 g/mol. The van der Waals surface area contributed by atoms with Gasteiger partial charge in [-0.15, -0.1) is 0 Å². The van der Waals surface area contributed by atoms with Crippen LogP contribution in [-0.2, 0) is 19.0 Å². The Kier molecular flexibility index (Phi) is 12.9. The fourth-order valence-electron chi connectivity index (χ4n) is 1.22. The summed E-state index contributed by atoms with van der Waals surface area (Å²) in [5, 5.41) is 8.55. The van der Waals surface area contributed by atoms with E-state index < -0.39 is 0 Å². The summed E-state index contributed by atoms with van der Waals surface area (Å²) >= 11 is 0. The highest BCUT2D eigenvalue weighted by Crippen LogP contribution is 1.95. The van der Waals surface area contributed by atoms with Gasteiger partial charge in [0.25, 0.3) is 0 Å². The quantitative estimate of drug-likeness (QED) is 0.414. The molecule has 102 valence electrons. The second-order valence-corrected chi connectivity index (χ2v) is 3.61. The van der Waals surface area contributed by atoms with E-state index >= 15 is 0 Å². The second-order valence-electron chi connectivity index (χ2n) is 3.61. The van der Waals surface area contributed by atoms with Crippen LogP contribution in [0.25, 0.3) is 0 Å². The van der Waals surface area contributed by atoms with Crippen molar-refractivity contribution in [2.45, 2.75) is 32.6 Å². The molecule has 0 saturated heterocycles. The van der Waals surface area contributed by atoms with E-state index in [1.54, 1.807) is 6.92 Å². The first-order valence-corrected chi connectivity index (χ1v) is 6.23. The Morgan fingerprint density at radius 3 is 2.41 bits per heavy atom. The molecule has 0 radical (unpaired) electrons. The highest BCUT2D eigenvalue weighted by molar-refractivity contribution is 5.70. The topological polar surface area (TPSA) is 65.0 Å². The number of carbonyl (C=O) groups is 1.